The lowest BCUT2D eigenvalue weighted by molar-refractivity contribution is 0.0450. The Morgan fingerprint density at radius 1 is 1.43 bits per heavy atom. The maximum Gasteiger partial charge on any atom is 0.123 e. The van der Waals surface area contributed by atoms with Gasteiger partial charge in [0, 0.05) is 0 Å². The lowest BCUT2D eigenvalue weighted by Crippen LogP contribution is -2.20. The molecule has 0 bridgehead atoms. The summed E-state index contributed by atoms with van der Waals surface area (Å²) in [4.78, 5) is 0. The van der Waals surface area contributed by atoms with Gasteiger partial charge in [-0.05, 0) is 31.0 Å². The van der Waals surface area contributed by atoms with E-state index in [1.165, 1.54) is 12.1 Å². The minimum atomic E-state index is -0.905. The summed E-state index contributed by atoms with van der Waals surface area (Å²) in [7, 11) is 0. The van der Waals surface area contributed by atoms with Gasteiger partial charge in [-0.15, -0.1) is 0 Å². The molecule has 1 atom stereocenters. The van der Waals surface area contributed by atoms with E-state index in [9.17, 15) is 9.50 Å². The molecule has 0 saturated carbocycles. The Morgan fingerprint density at radius 2 is 2.14 bits per heavy atom. The molecule has 0 fully saturated rings. The summed E-state index contributed by atoms with van der Waals surface area (Å²) in [6.07, 6.45) is 2.65. The first-order valence-corrected chi connectivity index (χ1v) is 5.04. The molecule has 0 amide bonds. The highest BCUT2D eigenvalue weighted by Crippen LogP contribution is 2.26. The second-order valence-corrected chi connectivity index (χ2v) is 3.89. The van der Waals surface area contributed by atoms with Crippen LogP contribution in [0.1, 0.15) is 38.7 Å². The van der Waals surface area contributed by atoms with Crippen molar-refractivity contribution in [3.8, 4) is 0 Å². The van der Waals surface area contributed by atoms with Gasteiger partial charge in [0.2, 0.25) is 0 Å². The summed E-state index contributed by atoms with van der Waals surface area (Å²) in [5.41, 5.74) is -0.246. The van der Waals surface area contributed by atoms with Gasteiger partial charge in [-0.25, -0.2) is 4.39 Å². The molecule has 78 valence electrons. The Labute approximate surface area is 84.6 Å². The first-order valence-electron chi connectivity index (χ1n) is 5.04. The third kappa shape index (κ3) is 2.81. The lowest BCUT2D eigenvalue weighted by Gasteiger charge is -2.23. The zero-order valence-electron chi connectivity index (χ0n) is 8.76. The molecule has 1 aromatic rings. The number of halogens is 1. The third-order valence-electron chi connectivity index (χ3n) is 2.46. The standard InChI is InChI=1S/C12H17FO/c1-3-4-8-12(2,14)10-6-5-7-11(13)9-10/h5-7,9,14H,3-4,8H2,1-2H3. The van der Waals surface area contributed by atoms with Crippen LogP contribution in [0.5, 0.6) is 0 Å². The van der Waals surface area contributed by atoms with Gasteiger partial charge in [0.05, 0.1) is 5.60 Å². The Hall–Kier alpha value is -0.890. The summed E-state index contributed by atoms with van der Waals surface area (Å²) in [5, 5.41) is 10.1. The van der Waals surface area contributed by atoms with E-state index in [0.717, 1.165) is 12.8 Å². The van der Waals surface area contributed by atoms with Gasteiger partial charge in [-0.3, -0.25) is 0 Å². The number of benzene rings is 1. The molecule has 0 radical (unpaired) electrons. The predicted octanol–water partition coefficient (Wildman–Crippen LogP) is 3.22. The molecule has 14 heavy (non-hydrogen) atoms. The van der Waals surface area contributed by atoms with Gasteiger partial charge in [-0.1, -0.05) is 31.9 Å². The number of hydrogen-bond acceptors (Lipinski definition) is 1. The third-order valence-corrected chi connectivity index (χ3v) is 2.46. The molecule has 1 rings (SSSR count). The topological polar surface area (TPSA) is 20.2 Å². The summed E-state index contributed by atoms with van der Waals surface area (Å²) in [6.45, 7) is 3.80. The van der Waals surface area contributed by atoms with E-state index in [1.807, 2.05) is 0 Å². The largest absolute Gasteiger partial charge is 0.385 e. The Bertz CT molecular complexity index is 294. The summed E-state index contributed by atoms with van der Waals surface area (Å²) < 4.78 is 12.9. The second kappa shape index (κ2) is 4.56. The zero-order valence-corrected chi connectivity index (χ0v) is 8.76. The van der Waals surface area contributed by atoms with E-state index in [1.54, 1.807) is 19.1 Å². The monoisotopic (exact) mass is 196 g/mol. The molecule has 0 aliphatic carbocycles. The Kier molecular flexibility index (Phi) is 3.64. The average molecular weight is 196 g/mol. The quantitative estimate of drug-likeness (QED) is 0.783. The van der Waals surface area contributed by atoms with Crippen LogP contribution < -0.4 is 0 Å². The van der Waals surface area contributed by atoms with Crippen LogP contribution in [0.25, 0.3) is 0 Å². The Morgan fingerprint density at radius 3 is 2.71 bits per heavy atom. The average Bonchev–Trinajstić information content (AvgIpc) is 2.15. The fourth-order valence-electron chi connectivity index (χ4n) is 1.49. The van der Waals surface area contributed by atoms with Crippen LogP contribution in [0.2, 0.25) is 0 Å². The molecule has 0 spiro atoms. The van der Waals surface area contributed by atoms with Crippen molar-refractivity contribution in [2.24, 2.45) is 0 Å². The van der Waals surface area contributed by atoms with E-state index in [-0.39, 0.29) is 5.82 Å². The minimum absolute atomic E-state index is 0.292. The highest BCUT2D eigenvalue weighted by Gasteiger charge is 2.22. The fraction of sp³-hybridized carbons (Fsp3) is 0.500. The summed E-state index contributed by atoms with van der Waals surface area (Å²) >= 11 is 0. The fourth-order valence-corrected chi connectivity index (χ4v) is 1.49. The molecule has 1 unspecified atom stereocenters. The number of unbranched alkanes of at least 4 members (excludes halogenated alkanes) is 1. The summed E-state index contributed by atoms with van der Waals surface area (Å²) in [6, 6.07) is 6.18. The number of rotatable bonds is 4. The van der Waals surface area contributed by atoms with Crippen LogP contribution in [-0.4, -0.2) is 5.11 Å². The lowest BCUT2D eigenvalue weighted by atomic mass is 9.90. The Balaban J connectivity index is 2.80. The van der Waals surface area contributed by atoms with Crippen molar-refractivity contribution in [3.63, 3.8) is 0 Å². The zero-order chi connectivity index (χ0) is 10.6. The van der Waals surface area contributed by atoms with Crippen LogP contribution in [0.15, 0.2) is 24.3 Å². The molecule has 1 nitrogen and oxygen atoms in total. The van der Waals surface area contributed by atoms with Crippen LogP contribution in [0, 0.1) is 5.82 Å². The van der Waals surface area contributed by atoms with E-state index in [4.69, 9.17) is 0 Å². The smallest absolute Gasteiger partial charge is 0.123 e. The van der Waals surface area contributed by atoms with Gasteiger partial charge in [-0.2, -0.15) is 0 Å². The highest BCUT2D eigenvalue weighted by atomic mass is 19.1. The molecular weight excluding hydrogens is 179 g/mol. The second-order valence-electron chi connectivity index (χ2n) is 3.89. The van der Waals surface area contributed by atoms with E-state index in [2.05, 4.69) is 6.92 Å². The normalized spacial score (nSPS) is 15.1. The van der Waals surface area contributed by atoms with Gasteiger partial charge >= 0.3 is 0 Å². The van der Waals surface area contributed by atoms with Gasteiger partial charge in [0.1, 0.15) is 5.82 Å². The van der Waals surface area contributed by atoms with Crippen molar-refractivity contribution >= 4 is 0 Å². The summed E-state index contributed by atoms with van der Waals surface area (Å²) in [5.74, 6) is -0.292. The number of aliphatic hydroxyl groups is 1. The minimum Gasteiger partial charge on any atom is -0.385 e. The maximum atomic E-state index is 12.9. The molecule has 2 heteroatoms. The first kappa shape index (κ1) is 11.2. The van der Waals surface area contributed by atoms with Crippen LogP contribution >= 0.6 is 0 Å². The molecule has 0 saturated heterocycles. The first-order chi connectivity index (χ1) is 6.56. The van der Waals surface area contributed by atoms with Crippen LogP contribution in [0.4, 0.5) is 4.39 Å². The van der Waals surface area contributed by atoms with Crippen molar-refractivity contribution < 1.29 is 9.50 Å². The van der Waals surface area contributed by atoms with Crippen LogP contribution in [-0.2, 0) is 5.60 Å². The molecule has 0 heterocycles. The molecule has 0 aromatic heterocycles. The number of hydrogen-bond donors (Lipinski definition) is 1. The van der Waals surface area contributed by atoms with E-state index < -0.39 is 5.60 Å². The van der Waals surface area contributed by atoms with Crippen molar-refractivity contribution in [1.82, 2.24) is 0 Å². The molecule has 1 N–H and O–H groups in total. The van der Waals surface area contributed by atoms with E-state index in [0.29, 0.717) is 12.0 Å². The molecule has 0 aliphatic rings. The SMILES string of the molecule is CCCCC(C)(O)c1cccc(F)c1. The van der Waals surface area contributed by atoms with Gasteiger partial charge < -0.3 is 5.11 Å². The molecular formula is C12H17FO. The van der Waals surface area contributed by atoms with Gasteiger partial charge in [0.25, 0.3) is 0 Å². The highest BCUT2D eigenvalue weighted by molar-refractivity contribution is 5.22. The van der Waals surface area contributed by atoms with Gasteiger partial charge in [0.15, 0.2) is 0 Å². The molecule has 0 aliphatic heterocycles. The van der Waals surface area contributed by atoms with Crippen molar-refractivity contribution in [2.45, 2.75) is 38.7 Å². The van der Waals surface area contributed by atoms with Crippen LogP contribution in [0.3, 0.4) is 0 Å². The van der Waals surface area contributed by atoms with Crippen molar-refractivity contribution in [1.29, 1.82) is 0 Å². The molecule has 1 aromatic carbocycles. The predicted molar refractivity (Wildman–Crippen MR) is 55.5 cm³/mol. The maximum absolute atomic E-state index is 12.9. The van der Waals surface area contributed by atoms with Crippen molar-refractivity contribution in [3.05, 3.63) is 35.6 Å². The van der Waals surface area contributed by atoms with E-state index >= 15 is 0 Å². The van der Waals surface area contributed by atoms with Crippen molar-refractivity contribution in [2.75, 3.05) is 0 Å².